The molecular formula is C16H20F2N2O4S. The lowest BCUT2D eigenvalue weighted by Gasteiger charge is -2.33. The Labute approximate surface area is 145 Å². The number of aryl methyl sites for hydroxylation is 1. The number of alkyl halides is 2. The second kappa shape index (κ2) is 6.87. The van der Waals surface area contributed by atoms with Crippen LogP contribution in [0.2, 0.25) is 0 Å². The predicted octanol–water partition coefficient (Wildman–Crippen LogP) is 1.99. The van der Waals surface area contributed by atoms with Gasteiger partial charge in [0.1, 0.15) is 11.8 Å². The number of carbonyl (C=O) groups excluding carboxylic acids is 1. The molecule has 2 heterocycles. The van der Waals surface area contributed by atoms with E-state index in [4.69, 9.17) is 0 Å². The number of amides is 1. The average Bonchev–Trinajstić information content (AvgIpc) is 3.02. The molecule has 0 aliphatic carbocycles. The van der Waals surface area contributed by atoms with E-state index in [1.54, 1.807) is 11.0 Å². The highest BCUT2D eigenvalue weighted by Gasteiger charge is 2.39. The Balaban J connectivity index is 1.86. The van der Waals surface area contributed by atoms with Crippen LogP contribution < -0.4 is 9.64 Å². The Kier molecular flexibility index (Phi) is 4.97. The van der Waals surface area contributed by atoms with Gasteiger partial charge < -0.3 is 9.64 Å². The second-order valence-electron chi connectivity index (χ2n) is 6.29. The van der Waals surface area contributed by atoms with Crippen LogP contribution in [0.5, 0.6) is 5.75 Å². The zero-order valence-corrected chi connectivity index (χ0v) is 14.6. The molecule has 1 unspecified atom stereocenters. The number of sulfonamides is 1. The van der Waals surface area contributed by atoms with E-state index in [-0.39, 0.29) is 11.7 Å². The SMILES string of the molecule is CS(=O)(=O)N1CCCC1C(=O)N1CCCc2cc(OC(F)F)ccc21. The van der Waals surface area contributed by atoms with E-state index in [1.165, 1.54) is 16.4 Å². The van der Waals surface area contributed by atoms with Crippen LogP contribution >= 0.6 is 0 Å². The molecule has 0 radical (unpaired) electrons. The van der Waals surface area contributed by atoms with Crippen molar-refractivity contribution >= 4 is 21.6 Å². The predicted molar refractivity (Wildman–Crippen MR) is 88.3 cm³/mol. The van der Waals surface area contributed by atoms with Crippen molar-refractivity contribution in [2.75, 3.05) is 24.2 Å². The Hall–Kier alpha value is -1.74. The number of halogens is 2. The summed E-state index contributed by atoms with van der Waals surface area (Å²) in [6.45, 7) is -2.08. The number of benzene rings is 1. The number of anilines is 1. The molecule has 6 nitrogen and oxygen atoms in total. The van der Waals surface area contributed by atoms with Gasteiger partial charge >= 0.3 is 6.61 Å². The number of hydrogen-bond acceptors (Lipinski definition) is 4. The minimum absolute atomic E-state index is 0.0571. The number of rotatable bonds is 4. The zero-order valence-electron chi connectivity index (χ0n) is 13.8. The van der Waals surface area contributed by atoms with E-state index in [0.29, 0.717) is 44.5 Å². The van der Waals surface area contributed by atoms with Crippen molar-refractivity contribution in [3.05, 3.63) is 23.8 Å². The summed E-state index contributed by atoms with van der Waals surface area (Å²) in [6.07, 6.45) is 3.58. The summed E-state index contributed by atoms with van der Waals surface area (Å²) in [5.74, 6) is -0.201. The molecule has 9 heteroatoms. The maximum absolute atomic E-state index is 13.0. The summed E-state index contributed by atoms with van der Waals surface area (Å²) in [5, 5.41) is 0. The lowest BCUT2D eigenvalue weighted by molar-refractivity contribution is -0.121. The molecular weight excluding hydrogens is 354 g/mol. The fraction of sp³-hybridized carbons (Fsp3) is 0.562. The fourth-order valence-electron chi connectivity index (χ4n) is 3.54. The van der Waals surface area contributed by atoms with Crippen LogP contribution in [0, 0.1) is 0 Å². The number of nitrogens with zero attached hydrogens (tertiary/aromatic N) is 2. The molecule has 0 aromatic heterocycles. The smallest absolute Gasteiger partial charge is 0.387 e. The Morgan fingerprint density at radius 3 is 2.72 bits per heavy atom. The van der Waals surface area contributed by atoms with Crippen LogP contribution in [0.25, 0.3) is 0 Å². The summed E-state index contributed by atoms with van der Waals surface area (Å²) in [5.41, 5.74) is 1.39. The van der Waals surface area contributed by atoms with Crippen molar-refractivity contribution < 1.29 is 26.7 Å². The van der Waals surface area contributed by atoms with Gasteiger partial charge in [-0.05, 0) is 49.4 Å². The summed E-state index contributed by atoms with van der Waals surface area (Å²) < 4.78 is 54.2. The molecule has 1 aromatic rings. The van der Waals surface area contributed by atoms with Crippen LogP contribution in [0.3, 0.4) is 0 Å². The highest BCUT2D eigenvalue weighted by Crippen LogP contribution is 2.33. The first-order valence-electron chi connectivity index (χ1n) is 8.13. The van der Waals surface area contributed by atoms with Crippen LogP contribution in [-0.4, -0.2) is 50.6 Å². The standard InChI is InChI=1S/C16H20F2N2O4S/c1-25(22,23)20-9-3-5-14(20)15(21)19-8-2-4-11-10-12(24-16(17)18)6-7-13(11)19/h6-7,10,14,16H,2-5,8-9H2,1H3. The van der Waals surface area contributed by atoms with Gasteiger partial charge in [-0.25, -0.2) is 8.42 Å². The van der Waals surface area contributed by atoms with Crippen LogP contribution in [0.4, 0.5) is 14.5 Å². The maximum atomic E-state index is 13.0. The zero-order chi connectivity index (χ0) is 18.2. The Bertz CT molecular complexity index is 769. The normalized spacial score (nSPS) is 21.4. The van der Waals surface area contributed by atoms with Gasteiger partial charge in [0.15, 0.2) is 0 Å². The van der Waals surface area contributed by atoms with E-state index in [9.17, 15) is 22.0 Å². The van der Waals surface area contributed by atoms with E-state index >= 15 is 0 Å². The molecule has 0 N–H and O–H groups in total. The quantitative estimate of drug-likeness (QED) is 0.808. The summed E-state index contributed by atoms with van der Waals surface area (Å²) in [6, 6.07) is 3.81. The van der Waals surface area contributed by atoms with E-state index in [0.717, 1.165) is 11.8 Å². The third kappa shape index (κ3) is 3.77. The molecule has 1 fully saturated rings. The Morgan fingerprint density at radius 1 is 1.28 bits per heavy atom. The molecule has 1 aromatic carbocycles. The van der Waals surface area contributed by atoms with Gasteiger partial charge in [0.2, 0.25) is 15.9 Å². The van der Waals surface area contributed by atoms with Gasteiger partial charge in [-0.15, -0.1) is 0 Å². The maximum Gasteiger partial charge on any atom is 0.387 e. The van der Waals surface area contributed by atoms with Gasteiger partial charge in [0.25, 0.3) is 0 Å². The molecule has 2 aliphatic heterocycles. The molecule has 1 amide bonds. The third-order valence-corrected chi connectivity index (χ3v) is 5.86. The van der Waals surface area contributed by atoms with Crippen molar-refractivity contribution in [1.82, 2.24) is 4.31 Å². The van der Waals surface area contributed by atoms with Gasteiger partial charge in [-0.2, -0.15) is 13.1 Å². The van der Waals surface area contributed by atoms with Gasteiger partial charge in [-0.3, -0.25) is 4.79 Å². The lowest BCUT2D eigenvalue weighted by Crippen LogP contribution is -2.49. The summed E-state index contributed by atoms with van der Waals surface area (Å²) >= 11 is 0. The number of ether oxygens (including phenoxy) is 1. The van der Waals surface area contributed by atoms with Crippen LogP contribution in [0.1, 0.15) is 24.8 Å². The first-order chi connectivity index (χ1) is 11.8. The summed E-state index contributed by atoms with van der Waals surface area (Å²) in [4.78, 5) is 14.5. The van der Waals surface area contributed by atoms with Crippen molar-refractivity contribution in [3.8, 4) is 5.75 Å². The monoisotopic (exact) mass is 374 g/mol. The number of carbonyl (C=O) groups is 1. The average molecular weight is 374 g/mol. The number of hydrogen-bond donors (Lipinski definition) is 0. The van der Waals surface area contributed by atoms with E-state index in [1.807, 2.05) is 0 Å². The highest BCUT2D eigenvalue weighted by atomic mass is 32.2. The molecule has 3 rings (SSSR count). The first-order valence-corrected chi connectivity index (χ1v) is 9.98. The second-order valence-corrected chi connectivity index (χ2v) is 8.23. The van der Waals surface area contributed by atoms with Gasteiger partial charge in [0, 0.05) is 18.8 Å². The largest absolute Gasteiger partial charge is 0.435 e. The van der Waals surface area contributed by atoms with Gasteiger partial charge in [-0.1, -0.05) is 0 Å². The molecule has 1 saturated heterocycles. The Morgan fingerprint density at radius 2 is 2.04 bits per heavy atom. The number of fused-ring (bicyclic) bond motifs is 1. The fourth-order valence-corrected chi connectivity index (χ4v) is 4.66. The van der Waals surface area contributed by atoms with Crippen molar-refractivity contribution in [3.63, 3.8) is 0 Å². The molecule has 1 atom stereocenters. The van der Waals surface area contributed by atoms with Crippen LogP contribution in [-0.2, 0) is 21.2 Å². The van der Waals surface area contributed by atoms with Crippen molar-refractivity contribution in [2.24, 2.45) is 0 Å². The van der Waals surface area contributed by atoms with Crippen LogP contribution in [0.15, 0.2) is 18.2 Å². The van der Waals surface area contributed by atoms with Crippen molar-refractivity contribution in [2.45, 2.75) is 38.3 Å². The molecule has 25 heavy (non-hydrogen) atoms. The van der Waals surface area contributed by atoms with Crippen molar-refractivity contribution in [1.29, 1.82) is 0 Å². The summed E-state index contributed by atoms with van der Waals surface area (Å²) in [7, 11) is -3.45. The highest BCUT2D eigenvalue weighted by molar-refractivity contribution is 7.88. The topological polar surface area (TPSA) is 66.9 Å². The lowest BCUT2D eigenvalue weighted by atomic mass is 10.00. The van der Waals surface area contributed by atoms with Gasteiger partial charge in [0.05, 0.1) is 6.26 Å². The minimum atomic E-state index is -3.45. The molecule has 0 bridgehead atoms. The molecule has 138 valence electrons. The third-order valence-electron chi connectivity index (χ3n) is 4.58. The molecule has 0 saturated carbocycles. The van der Waals surface area contributed by atoms with E-state index in [2.05, 4.69) is 4.74 Å². The first kappa shape index (κ1) is 18.1. The minimum Gasteiger partial charge on any atom is -0.435 e. The molecule has 2 aliphatic rings. The van der Waals surface area contributed by atoms with E-state index < -0.39 is 22.7 Å². The molecule has 0 spiro atoms.